The molecule has 0 aliphatic rings. The number of methoxy groups -OCH3 is 4. The van der Waals surface area contributed by atoms with E-state index in [-0.39, 0.29) is 5.92 Å². The normalized spacial score (nSPS) is 12.7. The van der Waals surface area contributed by atoms with E-state index in [1.165, 1.54) is 5.56 Å². The molecule has 0 fully saturated rings. The van der Waals surface area contributed by atoms with Gasteiger partial charge in [0.25, 0.3) is 0 Å². The van der Waals surface area contributed by atoms with Gasteiger partial charge in [0.2, 0.25) is 0 Å². The standard InChI is InChI=1S/C27H38N2O4.H2O4S/c1-20(2)27(19-28,22-10-12-24(31-5)26(18-22)33-7)14-8-15-29(3)16-13-21-9-11-23(30-4)25(17-21)32-6;1-5(2,3)4/h9-12,17-18,20H,8,13-16H2,1-7H3;(H2,1,2,3,4). The monoisotopic (exact) mass is 552 g/mol. The van der Waals surface area contributed by atoms with Crippen LogP contribution in [0.15, 0.2) is 36.4 Å². The van der Waals surface area contributed by atoms with Gasteiger partial charge >= 0.3 is 10.4 Å². The minimum Gasteiger partial charge on any atom is -0.493 e. The summed E-state index contributed by atoms with van der Waals surface area (Å²) in [6.07, 6.45) is 2.61. The third-order valence-electron chi connectivity index (χ3n) is 6.42. The maximum absolute atomic E-state index is 10.2. The fourth-order valence-electron chi connectivity index (χ4n) is 4.23. The van der Waals surface area contributed by atoms with Crippen molar-refractivity contribution in [2.45, 2.75) is 38.5 Å². The summed E-state index contributed by atoms with van der Waals surface area (Å²) in [5, 5.41) is 10.2. The molecule has 0 aromatic heterocycles. The van der Waals surface area contributed by atoms with Gasteiger partial charge in [0.1, 0.15) is 0 Å². The Morgan fingerprint density at radius 3 is 1.87 bits per heavy atom. The molecule has 0 saturated carbocycles. The van der Waals surface area contributed by atoms with Crippen LogP contribution in [0.1, 0.15) is 37.8 Å². The van der Waals surface area contributed by atoms with Gasteiger partial charge in [-0.2, -0.15) is 13.7 Å². The molecule has 212 valence electrons. The minimum absolute atomic E-state index is 0.165. The molecule has 1 unspecified atom stereocenters. The first-order chi connectivity index (χ1) is 17.8. The Kier molecular flexibility index (Phi) is 13.4. The lowest BCUT2D eigenvalue weighted by molar-refractivity contribution is 0.292. The molecule has 0 heterocycles. The fraction of sp³-hybridized carbons (Fsp3) is 0.519. The highest BCUT2D eigenvalue weighted by molar-refractivity contribution is 7.79. The first kappa shape index (κ1) is 33.0. The van der Waals surface area contributed by atoms with Crippen LogP contribution in [0.25, 0.3) is 0 Å². The van der Waals surface area contributed by atoms with Crippen molar-refractivity contribution in [2.24, 2.45) is 5.92 Å². The molecule has 11 heteroatoms. The van der Waals surface area contributed by atoms with Crippen molar-refractivity contribution in [3.63, 3.8) is 0 Å². The summed E-state index contributed by atoms with van der Waals surface area (Å²) in [5.74, 6) is 2.99. The SMILES string of the molecule is COc1ccc(CCN(C)CCCC(C#N)(c2ccc(OC)c(OC)c2)C(C)C)cc1OC.O=S(=O)(O)O. The van der Waals surface area contributed by atoms with Gasteiger partial charge < -0.3 is 23.8 Å². The molecule has 0 saturated heterocycles. The zero-order valence-corrected chi connectivity index (χ0v) is 24.0. The lowest BCUT2D eigenvalue weighted by atomic mass is 9.69. The maximum atomic E-state index is 10.2. The Labute approximate surface area is 226 Å². The number of likely N-dealkylation sites (N-methyl/N-ethyl adjacent to an activating group) is 1. The van der Waals surface area contributed by atoms with Crippen LogP contribution < -0.4 is 18.9 Å². The van der Waals surface area contributed by atoms with E-state index < -0.39 is 15.8 Å². The molecule has 2 rings (SSSR count). The number of benzene rings is 2. The van der Waals surface area contributed by atoms with Crippen molar-refractivity contribution < 1.29 is 36.5 Å². The molecular weight excluding hydrogens is 512 g/mol. The van der Waals surface area contributed by atoms with Crippen LogP contribution in [0.2, 0.25) is 0 Å². The van der Waals surface area contributed by atoms with Crippen molar-refractivity contribution in [2.75, 3.05) is 48.6 Å². The van der Waals surface area contributed by atoms with Crippen LogP contribution in [-0.4, -0.2) is 71.0 Å². The Balaban J connectivity index is 0.00000132. The average Bonchev–Trinajstić information content (AvgIpc) is 2.88. The first-order valence-electron chi connectivity index (χ1n) is 12.1. The number of nitriles is 1. The van der Waals surface area contributed by atoms with Crippen LogP contribution in [0, 0.1) is 17.2 Å². The third kappa shape index (κ3) is 10.0. The molecule has 2 N–H and O–H groups in total. The van der Waals surface area contributed by atoms with E-state index in [4.69, 9.17) is 36.5 Å². The smallest absolute Gasteiger partial charge is 0.394 e. The molecule has 2 aromatic carbocycles. The highest BCUT2D eigenvalue weighted by Crippen LogP contribution is 2.40. The van der Waals surface area contributed by atoms with Crippen LogP contribution in [0.4, 0.5) is 0 Å². The summed E-state index contributed by atoms with van der Waals surface area (Å²) in [4.78, 5) is 2.31. The largest absolute Gasteiger partial charge is 0.493 e. The van der Waals surface area contributed by atoms with Crippen molar-refractivity contribution in [1.82, 2.24) is 4.90 Å². The van der Waals surface area contributed by atoms with Crippen molar-refractivity contribution in [3.05, 3.63) is 47.5 Å². The van der Waals surface area contributed by atoms with Gasteiger partial charge in [0.05, 0.1) is 39.9 Å². The lowest BCUT2D eigenvalue weighted by Crippen LogP contribution is -2.32. The van der Waals surface area contributed by atoms with E-state index in [0.29, 0.717) is 11.5 Å². The minimum atomic E-state index is -4.67. The van der Waals surface area contributed by atoms with E-state index >= 15 is 0 Å². The molecule has 0 aliphatic carbocycles. The number of ether oxygens (including phenoxy) is 4. The van der Waals surface area contributed by atoms with E-state index in [9.17, 15) is 5.26 Å². The van der Waals surface area contributed by atoms with Gasteiger partial charge in [-0.15, -0.1) is 0 Å². The van der Waals surface area contributed by atoms with Crippen molar-refractivity contribution in [3.8, 4) is 29.1 Å². The molecule has 2 aromatic rings. The first-order valence-corrected chi connectivity index (χ1v) is 13.5. The molecule has 0 aliphatic heterocycles. The van der Waals surface area contributed by atoms with Crippen molar-refractivity contribution >= 4 is 10.4 Å². The second kappa shape index (κ2) is 15.4. The van der Waals surface area contributed by atoms with E-state index in [1.54, 1.807) is 28.4 Å². The Bertz CT molecular complexity index is 1160. The molecular formula is C27H40N2O8S. The van der Waals surface area contributed by atoms with Crippen LogP contribution >= 0.6 is 0 Å². The Morgan fingerprint density at radius 2 is 1.39 bits per heavy atom. The summed E-state index contributed by atoms with van der Waals surface area (Å²) in [5.41, 5.74) is 1.60. The van der Waals surface area contributed by atoms with E-state index in [2.05, 4.69) is 37.9 Å². The topological polar surface area (TPSA) is 139 Å². The molecule has 0 bridgehead atoms. The summed E-state index contributed by atoms with van der Waals surface area (Å²) < 4.78 is 53.2. The average molecular weight is 553 g/mol. The third-order valence-corrected chi connectivity index (χ3v) is 6.42. The number of hydrogen-bond donors (Lipinski definition) is 2. The number of hydrogen-bond acceptors (Lipinski definition) is 8. The maximum Gasteiger partial charge on any atom is 0.394 e. The van der Waals surface area contributed by atoms with Gasteiger partial charge in [-0.3, -0.25) is 9.11 Å². The highest BCUT2D eigenvalue weighted by atomic mass is 32.3. The molecule has 1 atom stereocenters. The van der Waals surface area contributed by atoms with Crippen LogP contribution in [-0.2, 0) is 22.2 Å². The molecule has 0 amide bonds. The summed E-state index contributed by atoms with van der Waals surface area (Å²) in [6, 6.07) is 14.5. The summed E-state index contributed by atoms with van der Waals surface area (Å²) in [7, 11) is 4.00. The number of nitrogens with zero attached hydrogens (tertiary/aromatic N) is 2. The number of rotatable bonds is 13. The Morgan fingerprint density at radius 1 is 0.895 bits per heavy atom. The Hall–Kier alpha value is -3.04. The van der Waals surface area contributed by atoms with E-state index in [0.717, 1.165) is 49.4 Å². The molecule has 0 radical (unpaired) electrons. The predicted molar refractivity (Wildman–Crippen MR) is 146 cm³/mol. The zero-order valence-electron chi connectivity index (χ0n) is 23.2. The van der Waals surface area contributed by atoms with Gasteiger partial charge in [-0.05, 0) is 74.2 Å². The second-order valence-electron chi connectivity index (χ2n) is 9.10. The zero-order chi connectivity index (χ0) is 28.9. The van der Waals surface area contributed by atoms with Gasteiger partial charge in [-0.25, -0.2) is 0 Å². The lowest BCUT2D eigenvalue weighted by Gasteiger charge is -2.32. The summed E-state index contributed by atoms with van der Waals surface area (Å²) in [6.45, 7) is 6.06. The van der Waals surface area contributed by atoms with Crippen LogP contribution in [0.3, 0.4) is 0 Å². The highest BCUT2D eigenvalue weighted by Gasteiger charge is 2.36. The van der Waals surface area contributed by atoms with Crippen molar-refractivity contribution in [1.29, 1.82) is 5.26 Å². The fourth-order valence-corrected chi connectivity index (χ4v) is 4.23. The van der Waals surface area contributed by atoms with Crippen LogP contribution in [0.5, 0.6) is 23.0 Å². The molecule has 10 nitrogen and oxygen atoms in total. The van der Waals surface area contributed by atoms with Gasteiger partial charge in [0, 0.05) is 6.54 Å². The summed E-state index contributed by atoms with van der Waals surface area (Å²) >= 11 is 0. The quantitative estimate of drug-likeness (QED) is 0.343. The predicted octanol–water partition coefficient (Wildman–Crippen LogP) is 4.44. The second-order valence-corrected chi connectivity index (χ2v) is 10.00. The van der Waals surface area contributed by atoms with Gasteiger partial charge in [-0.1, -0.05) is 26.0 Å². The van der Waals surface area contributed by atoms with E-state index in [1.807, 2.05) is 30.3 Å². The molecule has 0 spiro atoms. The molecule has 38 heavy (non-hydrogen) atoms. The van der Waals surface area contributed by atoms with Gasteiger partial charge in [0.15, 0.2) is 23.0 Å².